The molecule has 2 aromatic carbocycles. The zero-order valence-corrected chi connectivity index (χ0v) is 19.1. The van der Waals surface area contributed by atoms with Gasteiger partial charge < -0.3 is 25.6 Å². The Labute approximate surface area is 198 Å². The molecular formula is C26H30N2O6. The summed E-state index contributed by atoms with van der Waals surface area (Å²) in [6.45, 7) is 1.49. The van der Waals surface area contributed by atoms with Gasteiger partial charge in [0.05, 0.1) is 12.0 Å². The van der Waals surface area contributed by atoms with Crippen LogP contribution in [-0.4, -0.2) is 53.0 Å². The van der Waals surface area contributed by atoms with Crippen molar-refractivity contribution < 1.29 is 29.3 Å². The van der Waals surface area contributed by atoms with Crippen LogP contribution in [0.1, 0.15) is 49.7 Å². The van der Waals surface area contributed by atoms with Crippen molar-refractivity contribution in [1.82, 2.24) is 10.6 Å². The lowest BCUT2D eigenvalue weighted by Crippen LogP contribution is -2.54. The predicted octanol–water partition coefficient (Wildman–Crippen LogP) is 3.03. The van der Waals surface area contributed by atoms with E-state index in [1.165, 1.54) is 6.92 Å². The molecule has 2 amide bonds. The zero-order chi connectivity index (χ0) is 24.2. The van der Waals surface area contributed by atoms with Crippen molar-refractivity contribution in [2.45, 2.75) is 56.7 Å². The van der Waals surface area contributed by atoms with Crippen LogP contribution in [0.25, 0.3) is 11.1 Å². The fourth-order valence-electron chi connectivity index (χ4n) is 5.06. The minimum absolute atomic E-state index is 0.0639. The summed E-state index contributed by atoms with van der Waals surface area (Å²) in [4.78, 5) is 36.8. The zero-order valence-electron chi connectivity index (χ0n) is 19.1. The van der Waals surface area contributed by atoms with E-state index < -0.39 is 42.1 Å². The van der Waals surface area contributed by atoms with Crippen LogP contribution in [-0.2, 0) is 14.3 Å². The summed E-state index contributed by atoms with van der Waals surface area (Å²) in [5, 5.41) is 24.1. The first-order valence-corrected chi connectivity index (χ1v) is 11.7. The molecule has 0 saturated heterocycles. The maximum Gasteiger partial charge on any atom is 0.407 e. The van der Waals surface area contributed by atoms with Crippen LogP contribution >= 0.6 is 0 Å². The fraction of sp³-hybridized carbons (Fsp3) is 0.423. The molecule has 2 aliphatic carbocycles. The second-order valence-corrected chi connectivity index (χ2v) is 9.03. The lowest BCUT2D eigenvalue weighted by Gasteiger charge is -2.32. The third kappa shape index (κ3) is 4.92. The molecule has 4 N–H and O–H groups in total. The van der Waals surface area contributed by atoms with E-state index in [2.05, 4.69) is 22.8 Å². The van der Waals surface area contributed by atoms with Gasteiger partial charge in [-0.3, -0.25) is 4.79 Å². The molecule has 180 valence electrons. The molecule has 1 saturated carbocycles. The summed E-state index contributed by atoms with van der Waals surface area (Å²) >= 11 is 0. The first kappa shape index (κ1) is 23.8. The quantitative estimate of drug-likeness (QED) is 0.497. The Bertz CT molecular complexity index is 1020. The van der Waals surface area contributed by atoms with Gasteiger partial charge in [-0.15, -0.1) is 0 Å². The lowest BCUT2D eigenvalue weighted by atomic mass is 9.83. The second kappa shape index (κ2) is 10.3. The van der Waals surface area contributed by atoms with Crippen LogP contribution in [0.2, 0.25) is 0 Å². The summed E-state index contributed by atoms with van der Waals surface area (Å²) in [5.74, 6) is -2.45. The molecule has 0 spiro atoms. The molecule has 1 fully saturated rings. The van der Waals surface area contributed by atoms with E-state index in [-0.39, 0.29) is 12.5 Å². The van der Waals surface area contributed by atoms with Crippen LogP contribution < -0.4 is 10.6 Å². The van der Waals surface area contributed by atoms with Crippen LogP contribution in [0, 0.1) is 5.92 Å². The van der Waals surface area contributed by atoms with Crippen molar-refractivity contribution >= 4 is 18.0 Å². The highest BCUT2D eigenvalue weighted by Crippen LogP contribution is 2.44. The lowest BCUT2D eigenvalue weighted by molar-refractivity contribution is -0.145. The highest BCUT2D eigenvalue weighted by Gasteiger charge is 2.36. The monoisotopic (exact) mass is 466 g/mol. The average Bonchev–Trinajstić information content (AvgIpc) is 3.14. The number of alkyl carbamates (subject to hydrolysis) is 1. The van der Waals surface area contributed by atoms with Crippen molar-refractivity contribution in [1.29, 1.82) is 0 Å². The molecule has 0 aromatic heterocycles. The van der Waals surface area contributed by atoms with E-state index in [9.17, 15) is 24.6 Å². The SMILES string of the molecule is C[C@@H](O)[C@H](NC(=O)[C@@H]1CCCC[C@@H]1NC(=O)OCC1c2ccccc2-c2ccccc21)C(=O)O. The maximum atomic E-state index is 12.8. The second-order valence-electron chi connectivity index (χ2n) is 9.03. The van der Waals surface area contributed by atoms with Gasteiger partial charge in [0.15, 0.2) is 6.04 Å². The summed E-state index contributed by atoms with van der Waals surface area (Å²) in [6.07, 6.45) is 0.918. The number of hydrogen-bond donors (Lipinski definition) is 4. The molecule has 8 heteroatoms. The normalized spacial score (nSPS) is 21.0. The number of carbonyl (C=O) groups excluding carboxylic acids is 2. The summed E-state index contributed by atoms with van der Waals surface area (Å²) in [7, 11) is 0. The molecule has 4 atom stereocenters. The number of benzene rings is 2. The van der Waals surface area contributed by atoms with E-state index in [0.29, 0.717) is 12.8 Å². The Hall–Kier alpha value is -3.39. The summed E-state index contributed by atoms with van der Waals surface area (Å²) in [5.41, 5.74) is 4.51. The van der Waals surface area contributed by atoms with Gasteiger partial charge in [-0.25, -0.2) is 9.59 Å². The predicted molar refractivity (Wildman–Crippen MR) is 125 cm³/mol. The highest BCUT2D eigenvalue weighted by molar-refractivity contribution is 5.86. The van der Waals surface area contributed by atoms with Crippen molar-refractivity contribution in [3.8, 4) is 11.1 Å². The van der Waals surface area contributed by atoms with Gasteiger partial charge in [0, 0.05) is 12.0 Å². The number of amides is 2. The molecule has 2 aliphatic rings. The van der Waals surface area contributed by atoms with E-state index in [1.54, 1.807) is 0 Å². The van der Waals surface area contributed by atoms with E-state index in [4.69, 9.17) is 4.74 Å². The Morgan fingerprint density at radius 1 is 1.00 bits per heavy atom. The van der Waals surface area contributed by atoms with Crippen molar-refractivity contribution in [2.24, 2.45) is 5.92 Å². The van der Waals surface area contributed by atoms with Crippen LogP contribution in [0.4, 0.5) is 4.79 Å². The van der Waals surface area contributed by atoms with Gasteiger partial charge in [-0.1, -0.05) is 61.4 Å². The Balaban J connectivity index is 1.39. The Morgan fingerprint density at radius 3 is 2.18 bits per heavy atom. The molecule has 8 nitrogen and oxygen atoms in total. The molecule has 0 radical (unpaired) electrons. The molecule has 34 heavy (non-hydrogen) atoms. The van der Waals surface area contributed by atoms with Gasteiger partial charge in [-0.05, 0) is 42.0 Å². The number of carbonyl (C=O) groups is 3. The number of aliphatic hydroxyl groups is 1. The molecule has 0 bridgehead atoms. The number of ether oxygens (including phenoxy) is 1. The van der Waals surface area contributed by atoms with Gasteiger partial charge in [0.2, 0.25) is 5.91 Å². The smallest absolute Gasteiger partial charge is 0.407 e. The minimum atomic E-state index is -1.40. The topological polar surface area (TPSA) is 125 Å². The standard InChI is InChI=1S/C26H30N2O6/c1-15(29)23(25(31)32)28-24(30)20-12-6-7-13-22(20)27-26(33)34-14-21-18-10-4-2-8-16(18)17-9-3-5-11-19(17)21/h2-5,8-11,15,20-23,29H,6-7,12-14H2,1H3,(H,27,33)(H,28,30)(H,31,32)/t15-,20-,22+,23+/m1/s1. The summed E-state index contributed by atoms with van der Waals surface area (Å²) < 4.78 is 5.61. The molecular weight excluding hydrogens is 436 g/mol. The van der Waals surface area contributed by atoms with Gasteiger partial charge in [0.1, 0.15) is 6.61 Å². The van der Waals surface area contributed by atoms with E-state index in [0.717, 1.165) is 35.1 Å². The number of nitrogens with one attached hydrogen (secondary N) is 2. The van der Waals surface area contributed by atoms with E-state index in [1.807, 2.05) is 36.4 Å². The first-order chi connectivity index (χ1) is 16.4. The number of rotatable bonds is 7. The Morgan fingerprint density at radius 2 is 1.59 bits per heavy atom. The van der Waals surface area contributed by atoms with Crippen LogP contribution in [0.5, 0.6) is 0 Å². The fourth-order valence-corrected chi connectivity index (χ4v) is 5.06. The number of aliphatic carboxylic acids is 1. The van der Waals surface area contributed by atoms with Crippen molar-refractivity contribution in [3.05, 3.63) is 59.7 Å². The third-order valence-corrected chi connectivity index (χ3v) is 6.80. The maximum absolute atomic E-state index is 12.8. The number of carboxylic acid groups (broad SMARTS) is 1. The number of carboxylic acids is 1. The highest BCUT2D eigenvalue weighted by atomic mass is 16.5. The average molecular weight is 467 g/mol. The summed E-state index contributed by atoms with van der Waals surface area (Å²) in [6, 6.07) is 14.3. The largest absolute Gasteiger partial charge is 0.480 e. The molecule has 0 aliphatic heterocycles. The molecule has 2 aromatic rings. The number of hydrogen-bond acceptors (Lipinski definition) is 5. The number of fused-ring (bicyclic) bond motifs is 3. The molecule has 4 rings (SSSR count). The van der Waals surface area contributed by atoms with Gasteiger partial charge >= 0.3 is 12.1 Å². The van der Waals surface area contributed by atoms with Gasteiger partial charge in [0.25, 0.3) is 0 Å². The molecule has 0 heterocycles. The van der Waals surface area contributed by atoms with Crippen LogP contribution in [0.15, 0.2) is 48.5 Å². The third-order valence-electron chi connectivity index (χ3n) is 6.80. The van der Waals surface area contributed by atoms with Crippen LogP contribution in [0.3, 0.4) is 0 Å². The van der Waals surface area contributed by atoms with Crippen molar-refractivity contribution in [3.63, 3.8) is 0 Å². The van der Waals surface area contributed by atoms with E-state index >= 15 is 0 Å². The van der Waals surface area contributed by atoms with Gasteiger partial charge in [-0.2, -0.15) is 0 Å². The van der Waals surface area contributed by atoms with Crippen molar-refractivity contribution in [2.75, 3.05) is 6.61 Å². The first-order valence-electron chi connectivity index (χ1n) is 11.7. The Kier molecular flexibility index (Phi) is 7.17. The minimum Gasteiger partial charge on any atom is -0.480 e. The number of aliphatic hydroxyl groups excluding tert-OH is 1. The molecule has 0 unspecified atom stereocenters.